The first-order valence-electron chi connectivity index (χ1n) is 8.23. The highest BCUT2D eigenvalue weighted by Crippen LogP contribution is 2.15. The quantitative estimate of drug-likeness (QED) is 0.902. The fourth-order valence-corrected chi connectivity index (χ4v) is 2.70. The molecule has 126 valence electrons. The molecule has 0 saturated heterocycles. The van der Waals surface area contributed by atoms with Crippen LogP contribution >= 0.6 is 0 Å². The molecule has 4 nitrogen and oxygen atoms in total. The van der Waals surface area contributed by atoms with Gasteiger partial charge in [-0.15, -0.1) is 0 Å². The van der Waals surface area contributed by atoms with Gasteiger partial charge in [0.05, 0.1) is 0 Å². The number of anilines is 1. The molecule has 0 atom stereocenters. The van der Waals surface area contributed by atoms with Crippen LogP contribution in [0.15, 0.2) is 42.5 Å². The molecule has 1 N–H and O–H groups in total. The van der Waals surface area contributed by atoms with Crippen LogP contribution in [0.25, 0.3) is 0 Å². The molecular weight excluding hydrogens is 300 g/mol. The number of nitrogens with one attached hydrogen (secondary N) is 1. The Morgan fingerprint density at radius 3 is 1.92 bits per heavy atom. The first kappa shape index (κ1) is 17.7. The van der Waals surface area contributed by atoms with Crippen LogP contribution in [-0.4, -0.2) is 29.8 Å². The molecule has 0 spiro atoms. The molecule has 2 aromatic carbocycles. The zero-order valence-electron chi connectivity index (χ0n) is 14.7. The van der Waals surface area contributed by atoms with Crippen molar-refractivity contribution in [1.82, 2.24) is 4.90 Å². The van der Waals surface area contributed by atoms with Gasteiger partial charge in [-0.1, -0.05) is 17.2 Å². The largest absolute Gasteiger partial charge is 0.339 e. The number of hydrogen-bond donors (Lipinski definition) is 1. The van der Waals surface area contributed by atoms with E-state index in [2.05, 4.69) is 5.32 Å². The molecule has 0 heterocycles. The van der Waals surface area contributed by atoms with E-state index in [0.29, 0.717) is 29.9 Å². The first-order valence-corrected chi connectivity index (χ1v) is 8.23. The van der Waals surface area contributed by atoms with Crippen LogP contribution < -0.4 is 5.32 Å². The number of carbonyl (C=O) groups excluding carboxylic acids is 2. The van der Waals surface area contributed by atoms with E-state index in [4.69, 9.17) is 0 Å². The maximum absolute atomic E-state index is 12.4. The maximum Gasteiger partial charge on any atom is 0.255 e. The highest BCUT2D eigenvalue weighted by Gasteiger charge is 2.13. The highest BCUT2D eigenvalue weighted by atomic mass is 16.2. The molecule has 0 bridgehead atoms. The molecule has 0 radical (unpaired) electrons. The van der Waals surface area contributed by atoms with Crippen molar-refractivity contribution in [3.05, 3.63) is 64.7 Å². The Balaban J connectivity index is 2.11. The second kappa shape index (κ2) is 7.77. The number of hydrogen-bond acceptors (Lipinski definition) is 2. The minimum absolute atomic E-state index is 0.00665. The number of carbonyl (C=O) groups is 2. The Morgan fingerprint density at radius 2 is 1.42 bits per heavy atom. The Morgan fingerprint density at radius 1 is 0.875 bits per heavy atom. The zero-order chi connectivity index (χ0) is 17.7. The predicted octanol–water partition coefficient (Wildman–Crippen LogP) is 4.04. The summed E-state index contributed by atoms with van der Waals surface area (Å²) in [6.07, 6.45) is 0. The van der Waals surface area contributed by atoms with E-state index >= 15 is 0 Å². The highest BCUT2D eigenvalue weighted by molar-refractivity contribution is 6.04. The molecule has 2 amide bonds. The number of benzene rings is 2. The molecule has 0 aliphatic carbocycles. The normalized spacial score (nSPS) is 10.3. The minimum atomic E-state index is -0.149. The van der Waals surface area contributed by atoms with Gasteiger partial charge in [-0.3, -0.25) is 9.59 Å². The maximum atomic E-state index is 12.4. The number of aryl methyl sites for hydroxylation is 2. The standard InChI is InChI=1S/C20H24N2O2/c1-5-22(6-2)20(24)16-7-9-18(10-8-16)21-19(23)17-12-14(3)11-15(4)13-17/h7-13H,5-6H2,1-4H3,(H,21,23). The lowest BCUT2D eigenvalue weighted by Crippen LogP contribution is -2.30. The van der Waals surface area contributed by atoms with E-state index in [1.54, 1.807) is 29.2 Å². The average molecular weight is 324 g/mol. The fourth-order valence-electron chi connectivity index (χ4n) is 2.70. The summed E-state index contributed by atoms with van der Waals surface area (Å²) < 4.78 is 0. The van der Waals surface area contributed by atoms with Crippen LogP contribution in [0.3, 0.4) is 0 Å². The molecule has 4 heteroatoms. The number of rotatable bonds is 5. The molecule has 0 saturated carbocycles. The Labute approximate surface area is 143 Å². The average Bonchev–Trinajstić information content (AvgIpc) is 2.55. The summed E-state index contributed by atoms with van der Waals surface area (Å²) in [4.78, 5) is 26.4. The Hall–Kier alpha value is -2.62. The van der Waals surface area contributed by atoms with Gasteiger partial charge in [0.25, 0.3) is 11.8 Å². The van der Waals surface area contributed by atoms with Crippen molar-refractivity contribution in [2.75, 3.05) is 18.4 Å². The SMILES string of the molecule is CCN(CC)C(=O)c1ccc(NC(=O)c2cc(C)cc(C)c2)cc1. The van der Waals surface area contributed by atoms with Crippen molar-refractivity contribution in [2.24, 2.45) is 0 Å². The molecular formula is C20H24N2O2. The van der Waals surface area contributed by atoms with Gasteiger partial charge in [0.2, 0.25) is 0 Å². The Bertz CT molecular complexity index is 712. The van der Waals surface area contributed by atoms with Crippen molar-refractivity contribution >= 4 is 17.5 Å². The summed E-state index contributed by atoms with van der Waals surface area (Å²) in [7, 11) is 0. The van der Waals surface area contributed by atoms with Gasteiger partial charge in [-0.25, -0.2) is 0 Å². The second-order valence-electron chi connectivity index (χ2n) is 5.89. The van der Waals surface area contributed by atoms with Crippen LogP contribution in [0.1, 0.15) is 45.7 Å². The summed E-state index contributed by atoms with van der Waals surface area (Å²) in [5.41, 5.74) is 4.05. The molecule has 2 rings (SSSR count). The molecule has 2 aromatic rings. The van der Waals surface area contributed by atoms with E-state index in [9.17, 15) is 9.59 Å². The van der Waals surface area contributed by atoms with Crippen molar-refractivity contribution in [3.63, 3.8) is 0 Å². The van der Waals surface area contributed by atoms with Crippen molar-refractivity contribution in [2.45, 2.75) is 27.7 Å². The summed E-state index contributed by atoms with van der Waals surface area (Å²) >= 11 is 0. The summed E-state index contributed by atoms with van der Waals surface area (Å²) in [5.74, 6) is -0.142. The third kappa shape index (κ3) is 4.22. The first-order chi connectivity index (χ1) is 11.4. The fraction of sp³-hybridized carbons (Fsp3) is 0.300. The van der Waals surface area contributed by atoms with Gasteiger partial charge < -0.3 is 10.2 Å². The molecule has 0 unspecified atom stereocenters. The van der Waals surface area contributed by atoms with Crippen molar-refractivity contribution in [1.29, 1.82) is 0 Å². The molecule has 0 aliphatic rings. The van der Waals surface area contributed by atoms with Crippen molar-refractivity contribution < 1.29 is 9.59 Å². The lowest BCUT2D eigenvalue weighted by atomic mass is 10.1. The number of nitrogens with zero attached hydrogens (tertiary/aromatic N) is 1. The number of amides is 2. The van der Waals surface area contributed by atoms with Gasteiger partial charge in [0.15, 0.2) is 0 Å². The molecule has 24 heavy (non-hydrogen) atoms. The molecule has 0 aromatic heterocycles. The zero-order valence-corrected chi connectivity index (χ0v) is 14.7. The van der Waals surface area contributed by atoms with Crippen LogP contribution in [0.5, 0.6) is 0 Å². The van der Waals surface area contributed by atoms with Gasteiger partial charge in [-0.05, 0) is 64.1 Å². The molecule has 0 fully saturated rings. The van der Waals surface area contributed by atoms with Gasteiger partial charge >= 0.3 is 0 Å². The lowest BCUT2D eigenvalue weighted by Gasteiger charge is -2.18. The minimum Gasteiger partial charge on any atom is -0.339 e. The lowest BCUT2D eigenvalue weighted by molar-refractivity contribution is 0.0773. The summed E-state index contributed by atoms with van der Waals surface area (Å²) in [6.45, 7) is 9.22. The van der Waals surface area contributed by atoms with Crippen molar-refractivity contribution in [3.8, 4) is 0 Å². The summed E-state index contributed by atoms with van der Waals surface area (Å²) in [6, 6.07) is 12.8. The second-order valence-corrected chi connectivity index (χ2v) is 5.89. The third-order valence-corrected chi connectivity index (χ3v) is 3.92. The van der Waals surface area contributed by atoms with Gasteiger partial charge in [0.1, 0.15) is 0 Å². The van der Waals surface area contributed by atoms with E-state index in [-0.39, 0.29) is 11.8 Å². The monoisotopic (exact) mass is 324 g/mol. The van der Waals surface area contributed by atoms with Crippen LogP contribution in [0.2, 0.25) is 0 Å². The van der Waals surface area contributed by atoms with Crippen LogP contribution in [0.4, 0.5) is 5.69 Å². The van der Waals surface area contributed by atoms with Crippen LogP contribution in [0, 0.1) is 13.8 Å². The van der Waals surface area contributed by atoms with Gasteiger partial charge in [-0.2, -0.15) is 0 Å². The van der Waals surface area contributed by atoms with Gasteiger partial charge in [0, 0.05) is 29.9 Å². The van der Waals surface area contributed by atoms with E-state index < -0.39 is 0 Å². The van der Waals surface area contributed by atoms with E-state index in [1.807, 2.05) is 45.9 Å². The van der Waals surface area contributed by atoms with E-state index in [0.717, 1.165) is 11.1 Å². The van der Waals surface area contributed by atoms with Crippen LogP contribution in [-0.2, 0) is 0 Å². The third-order valence-electron chi connectivity index (χ3n) is 3.92. The topological polar surface area (TPSA) is 49.4 Å². The Kier molecular flexibility index (Phi) is 5.74. The van der Waals surface area contributed by atoms with E-state index in [1.165, 1.54) is 0 Å². The molecule has 0 aliphatic heterocycles. The predicted molar refractivity (Wildman–Crippen MR) is 97.6 cm³/mol. The smallest absolute Gasteiger partial charge is 0.255 e. The summed E-state index contributed by atoms with van der Waals surface area (Å²) in [5, 5.41) is 2.87.